The average molecular weight is 192 g/mol. The van der Waals surface area contributed by atoms with Crippen LogP contribution in [0.1, 0.15) is 20.3 Å². The third kappa shape index (κ3) is 4.62. The number of carboxylic acid groups (broad SMARTS) is 1. The van der Waals surface area contributed by atoms with Crippen molar-refractivity contribution < 1.29 is 14.6 Å². The van der Waals surface area contributed by atoms with Crippen LogP contribution >= 0.6 is 11.8 Å². The van der Waals surface area contributed by atoms with Gasteiger partial charge < -0.3 is 9.84 Å². The van der Waals surface area contributed by atoms with Crippen LogP contribution < -0.4 is 0 Å². The summed E-state index contributed by atoms with van der Waals surface area (Å²) >= 11 is 1.44. The van der Waals surface area contributed by atoms with Gasteiger partial charge in [0.2, 0.25) is 0 Å². The molecule has 1 N–H and O–H groups in total. The second-order valence-corrected chi connectivity index (χ2v) is 3.85. The van der Waals surface area contributed by atoms with Crippen LogP contribution in [0.5, 0.6) is 0 Å². The molecular formula is C8H16O3S. The van der Waals surface area contributed by atoms with E-state index in [0.717, 1.165) is 5.75 Å². The third-order valence-electron chi connectivity index (χ3n) is 1.58. The van der Waals surface area contributed by atoms with Crippen LogP contribution in [0.15, 0.2) is 0 Å². The molecule has 0 saturated carbocycles. The zero-order valence-electron chi connectivity index (χ0n) is 7.74. The fourth-order valence-electron chi connectivity index (χ4n) is 0.683. The summed E-state index contributed by atoms with van der Waals surface area (Å²) in [5.41, 5.74) is 0. The molecule has 3 nitrogen and oxygen atoms in total. The van der Waals surface area contributed by atoms with E-state index < -0.39 is 5.97 Å². The molecule has 0 saturated heterocycles. The summed E-state index contributed by atoms with van der Waals surface area (Å²) in [5, 5.41) is 8.41. The number of carbonyl (C=O) groups is 1. The van der Waals surface area contributed by atoms with Crippen LogP contribution in [0.3, 0.4) is 0 Å². The van der Waals surface area contributed by atoms with Crippen LogP contribution in [0.2, 0.25) is 0 Å². The molecule has 0 aromatic rings. The highest BCUT2D eigenvalue weighted by Gasteiger charge is 2.16. The van der Waals surface area contributed by atoms with Crippen molar-refractivity contribution in [3.63, 3.8) is 0 Å². The first-order valence-corrected chi connectivity index (χ1v) is 5.03. The van der Waals surface area contributed by atoms with Gasteiger partial charge in [0, 0.05) is 12.9 Å². The minimum atomic E-state index is -0.731. The summed E-state index contributed by atoms with van der Waals surface area (Å²) in [6.45, 7) is 3.81. The number of hydrogen-bond acceptors (Lipinski definition) is 3. The average Bonchev–Trinajstić information content (AvgIpc) is 2.04. The first-order valence-electron chi connectivity index (χ1n) is 3.99. The molecule has 0 fully saturated rings. The lowest BCUT2D eigenvalue weighted by Crippen LogP contribution is -2.19. The molecule has 4 heteroatoms. The van der Waals surface area contributed by atoms with E-state index in [0.29, 0.717) is 6.42 Å². The summed E-state index contributed by atoms with van der Waals surface area (Å²) in [7, 11) is 1.63. The van der Waals surface area contributed by atoms with Gasteiger partial charge in [0.25, 0.3) is 0 Å². The van der Waals surface area contributed by atoms with Crippen molar-refractivity contribution in [2.75, 3.05) is 12.9 Å². The van der Waals surface area contributed by atoms with Gasteiger partial charge in [-0.05, 0) is 13.3 Å². The van der Waals surface area contributed by atoms with E-state index in [1.807, 2.05) is 13.8 Å². The van der Waals surface area contributed by atoms with Gasteiger partial charge in [-0.2, -0.15) is 0 Å². The Morgan fingerprint density at radius 3 is 2.58 bits per heavy atom. The van der Waals surface area contributed by atoms with Crippen LogP contribution in [0, 0.1) is 0 Å². The Kier molecular flexibility index (Phi) is 6.20. The Morgan fingerprint density at radius 1 is 1.67 bits per heavy atom. The molecule has 0 bridgehead atoms. The molecule has 2 atom stereocenters. The molecule has 0 aromatic heterocycles. The highest BCUT2D eigenvalue weighted by Crippen LogP contribution is 2.16. The predicted octanol–water partition coefficient (Wildman–Crippen LogP) is 1.62. The van der Waals surface area contributed by atoms with Crippen LogP contribution in [0.25, 0.3) is 0 Å². The highest BCUT2D eigenvalue weighted by atomic mass is 32.2. The van der Waals surface area contributed by atoms with Crippen molar-refractivity contribution >= 4 is 17.7 Å². The topological polar surface area (TPSA) is 46.5 Å². The van der Waals surface area contributed by atoms with Crippen molar-refractivity contribution in [2.24, 2.45) is 0 Å². The Morgan fingerprint density at radius 2 is 2.25 bits per heavy atom. The number of ether oxygens (including phenoxy) is 1. The SMILES string of the molecule is CCC(SCC(C)OC)C(=O)O. The fourth-order valence-corrected chi connectivity index (χ4v) is 1.70. The Hall–Kier alpha value is -0.220. The Balaban J connectivity index is 3.65. The minimum absolute atomic E-state index is 0.128. The van der Waals surface area contributed by atoms with Gasteiger partial charge in [-0.1, -0.05) is 6.92 Å². The maximum Gasteiger partial charge on any atom is 0.316 e. The van der Waals surface area contributed by atoms with Gasteiger partial charge in [0.1, 0.15) is 5.25 Å². The van der Waals surface area contributed by atoms with Gasteiger partial charge >= 0.3 is 5.97 Å². The van der Waals surface area contributed by atoms with E-state index in [2.05, 4.69) is 0 Å². The van der Waals surface area contributed by atoms with Crippen LogP contribution in [0.4, 0.5) is 0 Å². The summed E-state index contributed by atoms with van der Waals surface area (Å²) in [4.78, 5) is 10.6. The second-order valence-electron chi connectivity index (χ2n) is 2.61. The van der Waals surface area contributed by atoms with E-state index >= 15 is 0 Å². The first kappa shape index (κ1) is 11.8. The largest absolute Gasteiger partial charge is 0.480 e. The van der Waals surface area contributed by atoms with Gasteiger partial charge in [0.15, 0.2) is 0 Å². The number of thioether (sulfide) groups is 1. The molecular weight excluding hydrogens is 176 g/mol. The fraction of sp³-hybridized carbons (Fsp3) is 0.875. The summed E-state index contributed by atoms with van der Waals surface area (Å²) in [5.74, 6) is 0.00667. The van der Waals surface area contributed by atoms with Crippen molar-refractivity contribution in [2.45, 2.75) is 31.6 Å². The Bertz CT molecular complexity index is 138. The number of hydrogen-bond donors (Lipinski definition) is 1. The molecule has 72 valence electrons. The summed E-state index contributed by atoms with van der Waals surface area (Å²) < 4.78 is 5.01. The molecule has 0 aliphatic heterocycles. The molecule has 0 radical (unpaired) electrons. The molecule has 0 aliphatic carbocycles. The van der Waals surface area contributed by atoms with Crippen molar-refractivity contribution in [1.29, 1.82) is 0 Å². The molecule has 0 rings (SSSR count). The van der Waals surface area contributed by atoms with E-state index in [9.17, 15) is 4.79 Å². The normalized spacial score (nSPS) is 15.6. The van der Waals surface area contributed by atoms with Gasteiger partial charge in [-0.25, -0.2) is 0 Å². The minimum Gasteiger partial charge on any atom is -0.480 e. The van der Waals surface area contributed by atoms with Crippen LogP contribution in [-0.2, 0) is 9.53 Å². The number of rotatable bonds is 6. The lowest BCUT2D eigenvalue weighted by Gasteiger charge is -2.12. The quantitative estimate of drug-likeness (QED) is 0.694. The molecule has 0 heterocycles. The van der Waals surface area contributed by atoms with Crippen molar-refractivity contribution in [3.8, 4) is 0 Å². The second kappa shape index (κ2) is 6.31. The number of carboxylic acids is 1. The third-order valence-corrected chi connectivity index (χ3v) is 3.18. The zero-order valence-corrected chi connectivity index (χ0v) is 8.56. The lowest BCUT2D eigenvalue weighted by atomic mass is 10.3. The van der Waals surface area contributed by atoms with E-state index in [4.69, 9.17) is 9.84 Å². The Labute approximate surface area is 77.5 Å². The van der Waals surface area contributed by atoms with Gasteiger partial charge in [-0.15, -0.1) is 11.8 Å². The maximum absolute atomic E-state index is 10.6. The van der Waals surface area contributed by atoms with Crippen molar-refractivity contribution in [3.05, 3.63) is 0 Å². The van der Waals surface area contributed by atoms with Gasteiger partial charge in [0.05, 0.1) is 6.10 Å². The smallest absolute Gasteiger partial charge is 0.316 e. The van der Waals surface area contributed by atoms with Gasteiger partial charge in [-0.3, -0.25) is 4.79 Å². The summed E-state index contributed by atoms with van der Waals surface area (Å²) in [6, 6.07) is 0. The summed E-state index contributed by atoms with van der Waals surface area (Å²) in [6.07, 6.45) is 0.791. The standard InChI is InChI=1S/C8H16O3S/c1-4-7(8(9)10)12-5-6(2)11-3/h6-7H,4-5H2,1-3H3,(H,9,10). The molecule has 0 aliphatic rings. The molecule has 2 unspecified atom stereocenters. The van der Waals surface area contributed by atoms with Crippen molar-refractivity contribution in [1.82, 2.24) is 0 Å². The lowest BCUT2D eigenvalue weighted by molar-refractivity contribution is -0.136. The van der Waals surface area contributed by atoms with E-state index in [1.165, 1.54) is 11.8 Å². The maximum atomic E-state index is 10.6. The molecule has 0 aromatic carbocycles. The number of methoxy groups -OCH3 is 1. The zero-order chi connectivity index (χ0) is 9.56. The molecule has 12 heavy (non-hydrogen) atoms. The number of aliphatic carboxylic acids is 1. The van der Waals surface area contributed by atoms with E-state index in [-0.39, 0.29) is 11.4 Å². The predicted molar refractivity (Wildman–Crippen MR) is 50.6 cm³/mol. The molecule has 0 spiro atoms. The molecule has 0 amide bonds. The van der Waals surface area contributed by atoms with E-state index in [1.54, 1.807) is 7.11 Å². The monoisotopic (exact) mass is 192 g/mol. The van der Waals surface area contributed by atoms with Crippen LogP contribution in [-0.4, -0.2) is 35.3 Å². The highest BCUT2D eigenvalue weighted by molar-refractivity contribution is 8.00. The first-order chi connectivity index (χ1) is 5.61.